The molecule has 0 radical (unpaired) electrons. The van der Waals surface area contributed by atoms with Crippen molar-refractivity contribution in [1.29, 1.82) is 0 Å². The van der Waals surface area contributed by atoms with Gasteiger partial charge in [-0.3, -0.25) is 4.79 Å². The predicted octanol–water partition coefficient (Wildman–Crippen LogP) is 7.72. The van der Waals surface area contributed by atoms with E-state index in [2.05, 4.69) is 80.3 Å². The van der Waals surface area contributed by atoms with Gasteiger partial charge >= 0.3 is 0 Å². The summed E-state index contributed by atoms with van der Waals surface area (Å²) in [5, 5.41) is 6.46. The average Bonchev–Trinajstić information content (AvgIpc) is 3.47. The number of amides is 1. The summed E-state index contributed by atoms with van der Waals surface area (Å²) >= 11 is 1.77. The lowest BCUT2D eigenvalue weighted by Gasteiger charge is -2.29. The maximum atomic E-state index is 12.5. The van der Waals surface area contributed by atoms with Crippen LogP contribution in [0, 0.1) is 12.8 Å². The number of hydrogen-bond acceptors (Lipinski definition) is 3. The van der Waals surface area contributed by atoms with Crippen LogP contribution >= 0.6 is 11.3 Å². The van der Waals surface area contributed by atoms with Crippen LogP contribution in [0.5, 0.6) is 0 Å². The highest BCUT2D eigenvalue weighted by Gasteiger charge is 2.26. The molecule has 1 saturated carbocycles. The van der Waals surface area contributed by atoms with Crippen molar-refractivity contribution in [2.45, 2.75) is 91.0 Å². The number of benzene rings is 1. The second-order valence-corrected chi connectivity index (χ2v) is 12.1. The minimum Gasteiger partial charge on any atom is -0.352 e. The molecule has 0 aliphatic heterocycles. The molecule has 2 unspecified atom stereocenters. The van der Waals surface area contributed by atoms with Crippen LogP contribution in [0.25, 0.3) is 10.6 Å². The Balaban J connectivity index is 1.39. The van der Waals surface area contributed by atoms with Crippen LogP contribution in [0.2, 0.25) is 0 Å². The van der Waals surface area contributed by atoms with Crippen molar-refractivity contribution >= 4 is 17.2 Å². The second-order valence-electron chi connectivity index (χ2n) is 11.2. The summed E-state index contributed by atoms with van der Waals surface area (Å²) in [6, 6.07) is 10.9. The highest BCUT2D eigenvalue weighted by molar-refractivity contribution is 7.13. The summed E-state index contributed by atoms with van der Waals surface area (Å²) in [6.07, 6.45) is 9.09. The summed E-state index contributed by atoms with van der Waals surface area (Å²) < 4.78 is 2.28. The van der Waals surface area contributed by atoms with Gasteiger partial charge in [-0.2, -0.15) is 0 Å². The minimum atomic E-state index is 0.0572. The van der Waals surface area contributed by atoms with Gasteiger partial charge in [-0.15, -0.1) is 11.3 Å². The Morgan fingerprint density at radius 1 is 1.17 bits per heavy atom. The molecule has 2 aromatic heterocycles. The molecular weight excluding hydrogens is 450 g/mol. The van der Waals surface area contributed by atoms with Gasteiger partial charge in [-0.05, 0) is 55.6 Å². The van der Waals surface area contributed by atoms with Crippen molar-refractivity contribution in [3.63, 3.8) is 0 Å². The summed E-state index contributed by atoms with van der Waals surface area (Å²) in [7, 11) is 0. The molecule has 1 fully saturated rings. The Labute approximate surface area is 215 Å². The number of aromatic nitrogens is 2. The van der Waals surface area contributed by atoms with Crippen LogP contribution in [0.1, 0.15) is 99.4 Å². The van der Waals surface area contributed by atoms with Crippen LogP contribution in [-0.4, -0.2) is 22.0 Å². The number of carbonyl (C=O) groups excluding carboxylic acids is 1. The molecule has 1 N–H and O–H groups in total. The van der Waals surface area contributed by atoms with Gasteiger partial charge in [-0.1, -0.05) is 64.8 Å². The SMILES string of the molecule is CCCCNC(=O)c1ccn(CC2CCCC(c3csc(-c4ccc(C(C)(C)C)cc4)n3)C2)c1C. The summed E-state index contributed by atoms with van der Waals surface area (Å²) in [5.74, 6) is 1.20. The molecule has 1 amide bonds. The molecule has 188 valence electrons. The first kappa shape index (κ1) is 25.7. The molecule has 0 spiro atoms. The standard InChI is InChI=1S/C30H41N3OS/c1-6-7-16-31-28(34)26-15-17-33(21(26)2)19-22-9-8-10-24(18-22)27-20-35-29(32-27)23-11-13-25(14-12-23)30(3,4)5/h11-15,17,20,22,24H,6-10,16,18-19H2,1-5H3,(H,31,34). The zero-order valence-corrected chi connectivity index (χ0v) is 22.9. The first-order valence-corrected chi connectivity index (χ1v) is 14.1. The summed E-state index contributed by atoms with van der Waals surface area (Å²) in [5.41, 5.74) is 5.89. The highest BCUT2D eigenvalue weighted by atomic mass is 32.1. The van der Waals surface area contributed by atoms with E-state index in [1.807, 2.05) is 6.07 Å². The zero-order valence-electron chi connectivity index (χ0n) is 22.1. The van der Waals surface area contributed by atoms with Crippen molar-refractivity contribution in [3.05, 3.63) is 64.4 Å². The Kier molecular flexibility index (Phi) is 8.16. The monoisotopic (exact) mass is 491 g/mol. The van der Waals surface area contributed by atoms with Gasteiger partial charge in [-0.25, -0.2) is 4.98 Å². The van der Waals surface area contributed by atoms with E-state index in [9.17, 15) is 4.79 Å². The maximum absolute atomic E-state index is 12.5. The Bertz CT molecular complexity index is 1120. The van der Waals surface area contributed by atoms with Gasteiger partial charge in [0.15, 0.2) is 0 Å². The van der Waals surface area contributed by atoms with Gasteiger partial charge < -0.3 is 9.88 Å². The highest BCUT2D eigenvalue weighted by Crippen LogP contribution is 2.39. The minimum absolute atomic E-state index is 0.0572. The van der Waals surface area contributed by atoms with E-state index in [1.54, 1.807) is 11.3 Å². The number of thiazole rings is 1. The lowest BCUT2D eigenvalue weighted by molar-refractivity contribution is 0.0952. The number of unbranched alkanes of at least 4 members (excludes halogenated alkanes) is 1. The number of nitrogens with zero attached hydrogens (tertiary/aromatic N) is 2. The van der Waals surface area contributed by atoms with Crippen molar-refractivity contribution in [3.8, 4) is 10.6 Å². The molecule has 5 heteroatoms. The Hall–Kier alpha value is -2.40. The van der Waals surface area contributed by atoms with Crippen LogP contribution < -0.4 is 5.32 Å². The molecule has 0 saturated heterocycles. The Morgan fingerprint density at radius 2 is 1.94 bits per heavy atom. The van der Waals surface area contributed by atoms with E-state index in [0.717, 1.165) is 42.2 Å². The van der Waals surface area contributed by atoms with Crippen molar-refractivity contribution < 1.29 is 4.79 Å². The lowest BCUT2D eigenvalue weighted by atomic mass is 9.80. The van der Waals surface area contributed by atoms with E-state index in [4.69, 9.17) is 4.98 Å². The zero-order chi connectivity index (χ0) is 25.0. The molecule has 2 heterocycles. The first-order chi connectivity index (χ1) is 16.8. The van der Waals surface area contributed by atoms with Crippen LogP contribution in [0.4, 0.5) is 0 Å². The maximum Gasteiger partial charge on any atom is 0.253 e. The molecule has 35 heavy (non-hydrogen) atoms. The molecule has 1 aliphatic rings. The van der Waals surface area contributed by atoms with Gasteiger partial charge in [0.05, 0.1) is 11.3 Å². The Morgan fingerprint density at radius 3 is 2.66 bits per heavy atom. The molecule has 3 aromatic rings. The van der Waals surface area contributed by atoms with E-state index < -0.39 is 0 Å². The normalized spacial score (nSPS) is 18.5. The summed E-state index contributed by atoms with van der Waals surface area (Å²) in [4.78, 5) is 17.6. The average molecular weight is 492 g/mol. The largest absolute Gasteiger partial charge is 0.352 e. The van der Waals surface area contributed by atoms with Crippen molar-refractivity contribution in [2.24, 2.45) is 5.92 Å². The number of nitrogens with one attached hydrogen (secondary N) is 1. The smallest absolute Gasteiger partial charge is 0.253 e. The molecule has 4 rings (SSSR count). The van der Waals surface area contributed by atoms with Crippen molar-refractivity contribution in [1.82, 2.24) is 14.9 Å². The first-order valence-electron chi connectivity index (χ1n) is 13.3. The number of hydrogen-bond donors (Lipinski definition) is 1. The van der Waals surface area contributed by atoms with Gasteiger partial charge in [0.25, 0.3) is 5.91 Å². The lowest BCUT2D eigenvalue weighted by Crippen LogP contribution is -2.25. The van der Waals surface area contributed by atoms with E-state index in [-0.39, 0.29) is 11.3 Å². The molecule has 1 aliphatic carbocycles. The molecule has 0 bridgehead atoms. The topological polar surface area (TPSA) is 46.9 Å². The molecule has 2 atom stereocenters. The predicted molar refractivity (Wildman–Crippen MR) is 147 cm³/mol. The van der Waals surface area contributed by atoms with Gasteiger partial charge in [0.1, 0.15) is 5.01 Å². The molecular formula is C30H41N3OS. The van der Waals surface area contributed by atoms with E-state index >= 15 is 0 Å². The molecule has 1 aromatic carbocycles. The number of carbonyl (C=O) groups is 1. The third kappa shape index (κ3) is 6.24. The van der Waals surface area contributed by atoms with Crippen LogP contribution in [-0.2, 0) is 12.0 Å². The molecule has 4 nitrogen and oxygen atoms in total. The van der Waals surface area contributed by atoms with E-state index in [0.29, 0.717) is 11.8 Å². The fourth-order valence-electron chi connectivity index (χ4n) is 5.19. The number of rotatable bonds is 8. The van der Waals surface area contributed by atoms with E-state index in [1.165, 1.54) is 42.5 Å². The van der Waals surface area contributed by atoms with Crippen molar-refractivity contribution in [2.75, 3.05) is 6.54 Å². The van der Waals surface area contributed by atoms with Crippen LogP contribution in [0.15, 0.2) is 41.9 Å². The summed E-state index contributed by atoms with van der Waals surface area (Å²) in [6.45, 7) is 12.7. The third-order valence-electron chi connectivity index (χ3n) is 7.48. The quantitative estimate of drug-likeness (QED) is 0.328. The van der Waals surface area contributed by atoms with Gasteiger partial charge in [0.2, 0.25) is 0 Å². The third-order valence-corrected chi connectivity index (χ3v) is 8.39. The fourth-order valence-corrected chi connectivity index (χ4v) is 6.09. The second kappa shape index (κ2) is 11.1. The van der Waals surface area contributed by atoms with Crippen LogP contribution in [0.3, 0.4) is 0 Å². The fraction of sp³-hybridized carbons (Fsp3) is 0.533. The van der Waals surface area contributed by atoms with Gasteiger partial charge in [0, 0.05) is 41.8 Å².